The first kappa shape index (κ1) is 26.6. The van der Waals surface area contributed by atoms with Gasteiger partial charge in [0.05, 0.1) is 11.4 Å². The van der Waals surface area contributed by atoms with Gasteiger partial charge in [0, 0.05) is 45.3 Å². The molecule has 2 aromatic carbocycles. The Kier molecular flexibility index (Phi) is 8.50. The summed E-state index contributed by atoms with van der Waals surface area (Å²) in [4.78, 5) is 17.6. The average Bonchev–Trinajstić information content (AvgIpc) is 3.16. The molecule has 188 valence electrons. The first-order valence-corrected chi connectivity index (χ1v) is 15.6. The van der Waals surface area contributed by atoms with E-state index in [4.69, 9.17) is 9.72 Å². The third-order valence-corrected chi connectivity index (χ3v) is 7.50. The van der Waals surface area contributed by atoms with Gasteiger partial charge in [-0.1, -0.05) is 51.7 Å². The number of ether oxygens (including phenoxy) is 1. The minimum atomic E-state index is -1.23. The van der Waals surface area contributed by atoms with E-state index in [-0.39, 0.29) is 18.3 Å². The molecule has 1 heterocycles. The van der Waals surface area contributed by atoms with E-state index in [1.165, 1.54) is 17.0 Å². The highest BCUT2D eigenvalue weighted by Gasteiger charge is 2.23. The number of benzene rings is 2. The maximum Gasteiger partial charge on any atom is 0.407 e. The molecule has 6 nitrogen and oxygen atoms in total. The highest BCUT2D eigenvalue weighted by atomic mass is 28.3. The molecule has 8 heteroatoms. The number of rotatable bonds is 10. The van der Waals surface area contributed by atoms with Crippen LogP contribution >= 0.6 is 0 Å². The second-order valence-corrected chi connectivity index (χ2v) is 16.1. The van der Waals surface area contributed by atoms with Crippen LogP contribution in [-0.2, 0) is 18.0 Å². The van der Waals surface area contributed by atoms with Crippen LogP contribution in [0.2, 0.25) is 25.7 Å². The zero-order valence-electron chi connectivity index (χ0n) is 21.5. The molecule has 1 amide bonds. The fourth-order valence-electron chi connectivity index (χ4n) is 3.84. The van der Waals surface area contributed by atoms with Gasteiger partial charge in [-0.2, -0.15) is 0 Å². The van der Waals surface area contributed by atoms with Crippen molar-refractivity contribution in [3.8, 4) is 22.5 Å². The van der Waals surface area contributed by atoms with Crippen molar-refractivity contribution in [1.82, 2.24) is 14.5 Å². The summed E-state index contributed by atoms with van der Waals surface area (Å²) in [5.74, 6) is 0.734. The highest BCUT2D eigenvalue weighted by Crippen LogP contribution is 2.35. The van der Waals surface area contributed by atoms with Crippen LogP contribution in [0.3, 0.4) is 0 Å². The van der Waals surface area contributed by atoms with Gasteiger partial charge in [-0.3, -0.25) is 0 Å². The number of halogens is 1. The normalized spacial score (nSPS) is 11.8. The molecule has 0 atom stereocenters. The molecule has 0 aliphatic carbocycles. The monoisotopic (exact) mass is 497 g/mol. The Balaban J connectivity index is 2.10. The molecule has 35 heavy (non-hydrogen) atoms. The fraction of sp³-hybridized carbons (Fsp3) is 0.407. The summed E-state index contributed by atoms with van der Waals surface area (Å²) >= 11 is 0. The van der Waals surface area contributed by atoms with Crippen LogP contribution in [0.1, 0.15) is 31.2 Å². The van der Waals surface area contributed by atoms with E-state index in [0.29, 0.717) is 13.3 Å². The molecule has 0 radical (unpaired) electrons. The van der Waals surface area contributed by atoms with Crippen molar-refractivity contribution in [2.45, 2.75) is 58.7 Å². The number of imidazole rings is 1. The van der Waals surface area contributed by atoms with E-state index in [1.54, 1.807) is 19.2 Å². The molecule has 0 saturated carbocycles. The predicted octanol–water partition coefficient (Wildman–Crippen LogP) is 6.90. The van der Waals surface area contributed by atoms with E-state index < -0.39 is 14.2 Å². The lowest BCUT2D eigenvalue weighted by Gasteiger charge is -2.19. The van der Waals surface area contributed by atoms with Crippen molar-refractivity contribution < 1.29 is 19.0 Å². The molecule has 1 N–H and O–H groups in total. The average molecular weight is 498 g/mol. The van der Waals surface area contributed by atoms with Crippen molar-refractivity contribution in [3.05, 3.63) is 65.7 Å². The third kappa shape index (κ3) is 7.02. The van der Waals surface area contributed by atoms with Gasteiger partial charge < -0.3 is 19.3 Å². The summed E-state index contributed by atoms with van der Waals surface area (Å²) in [5.41, 5.74) is 4.24. The zero-order valence-corrected chi connectivity index (χ0v) is 22.5. The van der Waals surface area contributed by atoms with E-state index >= 15 is 0 Å². The van der Waals surface area contributed by atoms with Crippen molar-refractivity contribution >= 4 is 14.2 Å². The lowest BCUT2D eigenvalue weighted by atomic mass is 10.0. The molecule has 0 aliphatic heterocycles. The third-order valence-electron chi connectivity index (χ3n) is 5.79. The van der Waals surface area contributed by atoms with Crippen LogP contribution in [-0.4, -0.2) is 47.4 Å². The SMILES string of the molecule is CC(C)c1nc(-c2ccc(F)cc2)c(-c2cccc(CN(C)C(=O)O)c2)n1COCC[Si](C)(C)C. The van der Waals surface area contributed by atoms with E-state index in [2.05, 4.69) is 38.1 Å². The number of amides is 1. The molecule has 0 fully saturated rings. The second kappa shape index (κ2) is 11.2. The van der Waals surface area contributed by atoms with Crippen LogP contribution in [0.5, 0.6) is 0 Å². The zero-order chi connectivity index (χ0) is 25.8. The van der Waals surface area contributed by atoms with Crippen LogP contribution in [0.25, 0.3) is 22.5 Å². The Morgan fingerprint density at radius 3 is 2.43 bits per heavy atom. The summed E-state index contributed by atoms with van der Waals surface area (Å²) in [7, 11) is 0.316. The highest BCUT2D eigenvalue weighted by molar-refractivity contribution is 6.76. The molecule has 0 spiro atoms. The quantitative estimate of drug-likeness (QED) is 0.244. The van der Waals surface area contributed by atoms with Crippen molar-refractivity contribution in [2.75, 3.05) is 13.7 Å². The van der Waals surface area contributed by atoms with E-state index in [0.717, 1.165) is 39.9 Å². The maximum absolute atomic E-state index is 13.7. The second-order valence-electron chi connectivity index (χ2n) is 10.4. The summed E-state index contributed by atoms with van der Waals surface area (Å²) in [6.07, 6.45) is -0.981. The van der Waals surface area contributed by atoms with Crippen LogP contribution in [0, 0.1) is 5.82 Å². The van der Waals surface area contributed by atoms with Crippen molar-refractivity contribution in [1.29, 1.82) is 0 Å². The van der Waals surface area contributed by atoms with Gasteiger partial charge in [-0.15, -0.1) is 0 Å². The first-order valence-electron chi connectivity index (χ1n) is 11.9. The molecular weight excluding hydrogens is 461 g/mol. The molecule has 0 saturated heterocycles. The van der Waals surface area contributed by atoms with E-state index in [9.17, 15) is 14.3 Å². The Labute approximate surface area is 208 Å². The molecule has 0 aliphatic rings. The van der Waals surface area contributed by atoms with Crippen molar-refractivity contribution in [2.24, 2.45) is 0 Å². The molecular formula is C27H36FN3O3Si. The summed E-state index contributed by atoms with van der Waals surface area (Å²) < 4.78 is 21.9. The predicted molar refractivity (Wildman–Crippen MR) is 141 cm³/mol. The topological polar surface area (TPSA) is 67.6 Å². The number of nitrogens with zero attached hydrogens (tertiary/aromatic N) is 3. The first-order chi connectivity index (χ1) is 16.5. The minimum absolute atomic E-state index is 0.143. The Morgan fingerprint density at radius 2 is 1.83 bits per heavy atom. The number of hydrogen-bond acceptors (Lipinski definition) is 3. The molecule has 0 bridgehead atoms. The minimum Gasteiger partial charge on any atom is -0.465 e. The fourth-order valence-corrected chi connectivity index (χ4v) is 4.59. The molecule has 1 aromatic heterocycles. The van der Waals surface area contributed by atoms with Gasteiger partial charge >= 0.3 is 6.09 Å². The molecule has 3 rings (SSSR count). The summed E-state index contributed by atoms with van der Waals surface area (Å²) in [6.45, 7) is 12.5. The van der Waals surface area contributed by atoms with Gasteiger partial charge in [0.15, 0.2) is 0 Å². The Hall–Kier alpha value is -2.97. The van der Waals surface area contributed by atoms with Gasteiger partial charge in [-0.05, 0) is 41.9 Å². The van der Waals surface area contributed by atoms with Crippen LogP contribution in [0.4, 0.5) is 9.18 Å². The van der Waals surface area contributed by atoms with Crippen LogP contribution in [0.15, 0.2) is 48.5 Å². The lowest BCUT2D eigenvalue weighted by molar-refractivity contribution is 0.0857. The summed E-state index contributed by atoms with van der Waals surface area (Å²) in [5, 5.41) is 9.30. The number of carboxylic acid groups (broad SMARTS) is 1. The van der Waals surface area contributed by atoms with Gasteiger partial charge in [-0.25, -0.2) is 14.2 Å². The molecule has 0 unspecified atom stereocenters. The van der Waals surface area contributed by atoms with Gasteiger partial charge in [0.2, 0.25) is 0 Å². The maximum atomic E-state index is 13.7. The lowest BCUT2D eigenvalue weighted by Crippen LogP contribution is -2.23. The molecule has 3 aromatic rings. The van der Waals surface area contributed by atoms with Gasteiger partial charge in [0.25, 0.3) is 0 Å². The Morgan fingerprint density at radius 1 is 1.14 bits per heavy atom. The Bertz CT molecular complexity index is 1150. The van der Waals surface area contributed by atoms with Gasteiger partial charge in [0.1, 0.15) is 18.4 Å². The standard InChI is InChI=1S/C27H36FN3O3Si/c1-19(2)26-29-24(21-10-12-23(28)13-11-21)25(31(26)18-34-14-15-35(4,5)6)22-9-7-8-20(16-22)17-30(3)27(32)33/h7-13,16,19H,14-15,17-18H2,1-6H3,(H,32,33). The summed E-state index contributed by atoms with van der Waals surface area (Å²) in [6, 6.07) is 15.3. The number of carbonyl (C=O) groups is 1. The van der Waals surface area contributed by atoms with E-state index in [1.807, 2.05) is 24.3 Å². The van der Waals surface area contributed by atoms with Crippen LogP contribution < -0.4 is 0 Å². The largest absolute Gasteiger partial charge is 0.465 e. The number of hydrogen-bond donors (Lipinski definition) is 1. The number of aromatic nitrogens is 2. The smallest absolute Gasteiger partial charge is 0.407 e. The van der Waals surface area contributed by atoms with Crippen molar-refractivity contribution in [3.63, 3.8) is 0 Å².